The van der Waals surface area contributed by atoms with Crippen LogP contribution < -0.4 is 10.1 Å². The summed E-state index contributed by atoms with van der Waals surface area (Å²) in [4.78, 5) is 24.2. The van der Waals surface area contributed by atoms with Crippen molar-refractivity contribution in [1.82, 2.24) is 10.2 Å². The Kier molecular flexibility index (Phi) is 6.79. The Labute approximate surface area is 169 Å². The number of ether oxygens (including phenoxy) is 1. The monoisotopic (exact) mass is 399 g/mol. The molecule has 8 heteroatoms. The second-order valence-electron chi connectivity index (χ2n) is 7.16. The number of nitro benzene ring substituents is 1. The van der Waals surface area contributed by atoms with Crippen LogP contribution in [0.5, 0.6) is 5.75 Å². The van der Waals surface area contributed by atoms with Crippen LogP contribution >= 0.6 is 0 Å². The highest BCUT2D eigenvalue weighted by Gasteiger charge is 2.30. The first-order valence-corrected chi connectivity index (χ1v) is 9.56. The fourth-order valence-electron chi connectivity index (χ4n) is 3.13. The van der Waals surface area contributed by atoms with Gasteiger partial charge in [-0.1, -0.05) is 18.2 Å². The fraction of sp³-hybridized carbons (Fsp3) is 0.381. The van der Waals surface area contributed by atoms with E-state index in [1.807, 2.05) is 12.1 Å². The molecule has 2 aromatic rings. The van der Waals surface area contributed by atoms with Crippen LogP contribution in [0.2, 0.25) is 0 Å². The highest BCUT2D eigenvalue weighted by atomic mass is 16.6. The Balaban J connectivity index is 1.54. The van der Waals surface area contributed by atoms with Gasteiger partial charge in [-0.05, 0) is 36.6 Å². The van der Waals surface area contributed by atoms with Crippen LogP contribution in [-0.2, 0) is 6.54 Å². The summed E-state index contributed by atoms with van der Waals surface area (Å²) in [6, 6.07) is 13.8. The number of aliphatic hydroxyl groups is 1. The second-order valence-corrected chi connectivity index (χ2v) is 7.16. The summed E-state index contributed by atoms with van der Waals surface area (Å²) in [6.45, 7) is 1.17. The first-order chi connectivity index (χ1) is 14.0. The molecule has 0 bridgehead atoms. The summed E-state index contributed by atoms with van der Waals surface area (Å²) in [5.41, 5.74) is 1.63. The quantitative estimate of drug-likeness (QED) is 0.469. The molecule has 1 amide bonds. The van der Waals surface area contributed by atoms with Crippen LogP contribution in [0.4, 0.5) is 5.69 Å². The minimum atomic E-state index is -0.722. The number of non-ortho nitro benzene ring substituents is 1. The minimum absolute atomic E-state index is 0.0446. The van der Waals surface area contributed by atoms with Crippen LogP contribution in [0, 0.1) is 10.1 Å². The zero-order chi connectivity index (χ0) is 20.8. The molecule has 29 heavy (non-hydrogen) atoms. The first kappa shape index (κ1) is 20.8. The van der Waals surface area contributed by atoms with E-state index >= 15 is 0 Å². The van der Waals surface area contributed by atoms with Crippen LogP contribution in [0.25, 0.3) is 0 Å². The average Bonchev–Trinajstić information content (AvgIpc) is 3.57. The van der Waals surface area contributed by atoms with Crippen LogP contribution in [0.15, 0.2) is 48.5 Å². The Morgan fingerprint density at radius 1 is 1.31 bits per heavy atom. The summed E-state index contributed by atoms with van der Waals surface area (Å²) in [5.74, 6) is 0.241. The first-order valence-electron chi connectivity index (χ1n) is 9.56. The maximum Gasteiger partial charge on any atom is 0.273 e. The number of hydrogen-bond acceptors (Lipinski definition) is 6. The average molecular weight is 399 g/mol. The van der Waals surface area contributed by atoms with E-state index in [2.05, 4.69) is 10.2 Å². The molecule has 1 fully saturated rings. The predicted molar refractivity (Wildman–Crippen MR) is 108 cm³/mol. The molecule has 0 aliphatic heterocycles. The lowest BCUT2D eigenvalue weighted by Gasteiger charge is -2.25. The van der Waals surface area contributed by atoms with Crippen molar-refractivity contribution >= 4 is 11.6 Å². The molecule has 0 aromatic heterocycles. The van der Waals surface area contributed by atoms with Crippen molar-refractivity contribution in [3.8, 4) is 5.75 Å². The summed E-state index contributed by atoms with van der Waals surface area (Å²) in [7, 11) is 1.60. The van der Waals surface area contributed by atoms with E-state index in [0.717, 1.165) is 18.4 Å². The van der Waals surface area contributed by atoms with Crippen LogP contribution in [-0.4, -0.2) is 53.2 Å². The van der Waals surface area contributed by atoms with Gasteiger partial charge in [0.1, 0.15) is 18.5 Å². The predicted octanol–water partition coefficient (Wildman–Crippen LogP) is 2.36. The highest BCUT2D eigenvalue weighted by molar-refractivity contribution is 5.93. The van der Waals surface area contributed by atoms with Crippen molar-refractivity contribution in [2.45, 2.75) is 31.5 Å². The SMILES string of the molecule is CNC(=O)c1ccc(CN(CC(O)COc2cccc([N+](=O)[O-])c2)C2CC2)cc1. The zero-order valence-corrected chi connectivity index (χ0v) is 16.3. The van der Waals surface area contributed by atoms with E-state index in [9.17, 15) is 20.0 Å². The van der Waals surface area contributed by atoms with Crippen molar-refractivity contribution in [1.29, 1.82) is 0 Å². The molecule has 1 saturated carbocycles. The van der Waals surface area contributed by atoms with Crippen LogP contribution in [0.1, 0.15) is 28.8 Å². The highest BCUT2D eigenvalue weighted by Crippen LogP contribution is 2.28. The maximum atomic E-state index is 11.7. The number of amides is 1. The van der Waals surface area contributed by atoms with Gasteiger partial charge in [0.25, 0.3) is 11.6 Å². The van der Waals surface area contributed by atoms with E-state index in [1.165, 1.54) is 12.1 Å². The molecule has 154 valence electrons. The number of aliphatic hydroxyl groups excluding tert-OH is 1. The van der Waals surface area contributed by atoms with Gasteiger partial charge in [0.05, 0.1) is 11.0 Å². The normalized spacial score (nSPS) is 14.4. The van der Waals surface area contributed by atoms with E-state index < -0.39 is 11.0 Å². The van der Waals surface area contributed by atoms with Crippen molar-refractivity contribution in [2.75, 3.05) is 20.2 Å². The van der Waals surface area contributed by atoms with E-state index in [4.69, 9.17) is 4.74 Å². The van der Waals surface area contributed by atoms with Crippen molar-refractivity contribution in [2.24, 2.45) is 0 Å². The number of nitrogens with zero attached hydrogens (tertiary/aromatic N) is 2. The Morgan fingerprint density at radius 2 is 2.03 bits per heavy atom. The van der Waals surface area contributed by atoms with Crippen LogP contribution in [0.3, 0.4) is 0 Å². The number of carbonyl (C=O) groups excluding carboxylic acids is 1. The van der Waals surface area contributed by atoms with E-state index in [1.54, 1.807) is 31.3 Å². The Morgan fingerprint density at radius 3 is 2.66 bits per heavy atom. The maximum absolute atomic E-state index is 11.7. The van der Waals surface area contributed by atoms with Gasteiger partial charge in [-0.25, -0.2) is 0 Å². The topological polar surface area (TPSA) is 105 Å². The fourth-order valence-corrected chi connectivity index (χ4v) is 3.13. The summed E-state index contributed by atoms with van der Waals surface area (Å²) in [5, 5.41) is 23.8. The van der Waals surface area contributed by atoms with E-state index in [0.29, 0.717) is 30.4 Å². The van der Waals surface area contributed by atoms with Gasteiger partial charge in [-0.15, -0.1) is 0 Å². The standard InChI is InChI=1S/C21H25N3O5/c1-22-21(26)16-7-5-15(6-8-16)12-23(17-9-10-17)13-19(25)14-29-20-4-2-3-18(11-20)24(27)28/h2-8,11,17,19,25H,9-10,12-14H2,1H3,(H,22,26). The van der Waals surface area contributed by atoms with Gasteiger partial charge in [0, 0.05) is 37.8 Å². The van der Waals surface area contributed by atoms with E-state index in [-0.39, 0.29) is 18.2 Å². The van der Waals surface area contributed by atoms with Gasteiger partial charge < -0.3 is 15.2 Å². The smallest absolute Gasteiger partial charge is 0.273 e. The number of carbonyl (C=O) groups is 1. The molecule has 1 aliphatic carbocycles. The lowest BCUT2D eigenvalue weighted by Crippen LogP contribution is -2.36. The van der Waals surface area contributed by atoms with Gasteiger partial charge in [-0.3, -0.25) is 19.8 Å². The third kappa shape index (κ3) is 6.00. The lowest BCUT2D eigenvalue weighted by atomic mass is 10.1. The number of benzene rings is 2. The molecule has 2 N–H and O–H groups in total. The molecular formula is C21H25N3O5. The molecule has 0 saturated heterocycles. The Bertz CT molecular complexity index is 852. The molecule has 3 rings (SSSR count). The zero-order valence-electron chi connectivity index (χ0n) is 16.3. The number of nitro groups is 1. The molecular weight excluding hydrogens is 374 g/mol. The number of rotatable bonds is 10. The largest absolute Gasteiger partial charge is 0.491 e. The summed E-state index contributed by atoms with van der Waals surface area (Å²) < 4.78 is 5.54. The van der Waals surface area contributed by atoms with Gasteiger partial charge >= 0.3 is 0 Å². The third-order valence-electron chi connectivity index (χ3n) is 4.81. The van der Waals surface area contributed by atoms with Crippen molar-refractivity contribution in [3.05, 3.63) is 69.8 Å². The molecule has 2 aromatic carbocycles. The molecule has 0 heterocycles. The molecule has 1 atom stereocenters. The molecule has 0 spiro atoms. The van der Waals surface area contributed by atoms with Crippen molar-refractivity contribution in [3.63, 3.8) is 0 Å². The van der Waals surface area contributed by atoms with Gasteiger partial charge in [0.2, 0.25) is 0 Å². The third-order valence-corrected chi connectivity index (χ3v) is 4.81. The molecule has 1 aliphatic rings. The van der Waals surface area contributed by atoms with Crippen molar-refractivity contribution < 1.29 is 19.6 Å². The molecule has 0 radical (unpaired) electrons. The summed E-state index contributed by atoms with van der Waals surface area (Å²) >= 11 is 0. The summed E-state index contributed by atoms with van der Waals surface area (Å²) in [6.07, 6.45) is 1.46. The number of hydrogen-bond donors (Lipinski definition) is 2. The minimum Gasteiger partial charge on any atom is -0.491 e. The van der Waals surface area contributed by atoms with Gasteiger partial charge in [0.15, 0.2) is 0 Å². The second kappa shape index (κ2) is 9.49. The molecule has 1 unspecified atom stereocenters. The van der Waals surface area contributed by atoms with Gasteiger partial charge in [-0.2, -0.15) is 0 Å². The molecule has 8 nitrogen and oxygen atoms in total. The lowest BCUT2D eigenvalue weighted by molar-refractivity contribution is -0.384. The number of nitrogens with one attached hydrogen (secondary N) is 1. The Hall–Kier alpha value is -2.97.